The molecule has 0 aromatic heterocycles. The van der Waals surface area contributed by atoms with Gasteiger partial charge < -0.3 is 9.84 Å². The van der Waals surface area contributed by atoms with Crippen LogP contribution in [0.25, 0.3) is 0 Å². The van der Waals surface area contributed by atoms with Gasteiger partial charge in [0.15, 0.2) is 0 Å². The zero-order chi connectivity index (χ0) is 17.6. The first-order valence-corrected chi connectivity index (χ1v) is 8.82. The zero-order valence-electron chi connectivity index (χ0n) is 12.4. The Balaban J connectivity index is 2.34. The highest BCUT2D eigenvalue weighted by Crippen LogP contribution is 2.48. The number of hydrogen-bond donors (Lipinski definition) is 2. The van der Waals surface area contributed by atoms with E-state index in [9.17, 15) is 31.5 Å². The Morgan fingerprint density at radius 2 is 1.83 bits per heavy atom. The number of aliphatic hydroxyl groups is 1. The number of esters is 1. The van der Waals surface area contributed by atoms with Gasteiger partial charge in [0.2, 0.25) is 0 Å². The van der Waals surface area contributed by atoms with E-state index in [1.54, 1.807) is 0 Å². The third-order valence-corrected chi connectivity index (χ3v) is 6.35. The third kappa shape index (κ3) is 2.85. The summed E-state index contributed by atoms with van der Waals surface area (Å²) in [6.07, 6.45) is -7.45. The van der Waals surface area contributed by atoms with Gasteiger partial charge in [0.25, 0.3) is 14.9 Å². The molecule has 5 unspecified atom stereocenters. The van der Waals surface area contributed by atoms with E-state index in [1.807, 2.05) is 0 Å². The molecule has 2 aliphatic rings. The maximum Gasteiger partial charge on any atom is 0.421 e. The summed E-state index contributed by atoms with van der Waals surface area (Å²) in [6, 6.07) is 0. The van der Waals surface area contributed by atoms with Gasteiger partial charge in [0.05, 0.1) is 6.10 Å². The van der Waals surface area contributed by atoms with Crippen molar-refractivity contribution in [2.24, 2.45) is 11.8 Å². The van der Waals surface area contributed by atoms with Crippen molar-refractivity contribution in [3.8, 4) is 0 Å². The fourth-order valence-corrected chi connectivity index (χ4v) is 4.70. The number of halogens is 3. The van der Waals surface area contributed by atoms with Crippen molar-refractivity contribution in [3.05, 3.63) is 0 Å². The minimum atomic E-state index is -5.80. The smallest absolute Gasteiger partial charge is 0.421 e. The number of carbonyl (C=O) groups is 1. The van der Waals surface area contributed by atoms with Gasteiger partial charge in [-0.3, -0.25) is 4.55 Å². The topological polar surface area (TPSA) is 101 Å². The molecule has 6 nitrogen and oxygen atoms in total. The molecule has 2 fully saturated rings. The van der Waals surface area contributed by atoms with Crippen LogP contribution in [0.2, 0.25) is 0 Å². The molecule has 0 radical (unpaired) electrons. The highest BCUT2D eigenvalue weighted by molar-refractivity contribution is 7.88. The van der Waals surface area contributed by atoms with Crippen LogP contribution >= 0.6 is 0 Å². The van der Waals surface area contributed by atoms with Crippen molar-refractivity contribution in [1.82, 2.24) is 0 Å². The lowest BCUT2D eigenvalue weighted by atomic mass is 9.94. The van der Waals surface area contributed by atoms with E-state index < -0.39 is 45.6 Å². The van der Waals surface area contributed by atoms with Crippen molar-refractivity contribution in [1.29, 1.82) is 0 Å². The Hall–Kier alpha value is -0.870. The van der Waals surface area contributed by atoms with Crippen LogP contribution in [0, 0.1) is 11.8 Å². The predicted octanol–water partition coefficient (Wildman–Crippen LogP) is 1.68. The van der Waals surface area contributed by atoms with Crippen molar-refractivity contribution >= 4 is 16.1 Å². The van der Waals surface area contributed by atoms with Crippen LogP contribution in [0.4, 0.5) is 13.2 Å². The van der Waals surface area contributed by atoms with Crippen molar-refractivity contribution in [2.45, 2.75) is 62.2 Å². The van der Waals surface area contributed by atoms with Crippen LogP contribution in [0.5, 0.6) is 0 Å². The quantitative estimate of drug-likeness (QED) is 0.571. The lowest BCUT2D eigenvalue weighted by Crippen LogP contribution is -2.59. The van der Waals surface area contributed by atoms with Crippen LogP contribution in [0.3, 0.4) is 0 Å². The summed E-state index contributed by atoms with van der Waals surface area (Å²) < 4.78 is 72.8. The zero-order valence-corrected chi connectivity index (χ0v) is 13.2. The molecule has 2 aliphatic carbocycles. The molecule has 5 atom stereocenters. The summed E-state index contributed by atoms with van der Waals surface area (Å²) in [4.78, 5) is 12.1. The van der Waals surface area contributed by atoms with Gasteiger partial charge in [-0.05, 0) is 37.5 Å². The molecular formula is C13H19F3O6S. The Kier molecular flexibility index (Phi) is 4.73. The lowest BCUT2D eigenvalue weighted by molar-refractivity contribution is -0.199. The molecule has 0 aromatic rings. The third-order valence-electron chi connectivity index (χ3n) is 4.87. The van der Waals surface area contributed by atoms with Gasteiger partial charge >= 0.3 is 12.1 Å². The van der Waals surface area contributed by atoms with Crippen LogP contribution in [0.1, 0.15) is 39.0 Å². The van der Waals surface area contributed by atoms with Crippen molar-refractivity contribution in [3.63, 3.8) is 0 Å². The van der Waals surface area contributed by atoms with E-state index in [-0.39, 0.29) is 18.3 Å². The average molecular weight is 360 g/mol. The van der Waals surface area contributed by atoms with Gasteiger partial charge in [-0.25, -0.2) is 4.79 Å². The normalized spacial score (nSPS) is 33.5. The second-order valence-corrected chi connectivity index (χ2v) is 7.89. The SMILES string of the molecule is CCCC(C(=O)OC1C2CCC(C2)C1O)(C(F)(F)F)S(=O)(=O)O. The van der Waals surface area contributed by atoms with Gasteiger partial charge in [-0.1, -0.05) is 13.3 Å². The Bertz CT molecular complexity index is 573. The molecule has 0 aromatic carbocycles. The molecule has 0 heterocycles. The number of fused-ring (bicyclic) bond motifs is 2. The van der Waals surface area contributed by atoms with E-state index in [4.69, 9.17) is 9.29 Å². The van der Waals surface area contributed by atoms with E-state index in [0.29, 0.717) is 19.3 Å². The van der Waals surface area contributed by atoms with Gasteiger partial charge in [0, 0.05) is 0 Å². The second-order valence-electron chi connectivity index (χ2n) is 6.24. The lowest BCUT2D eigenvalue weighted by Gasteiger charge is -2.34. The van der Waals surface area contributed by atoms with Crippen LogP contribution in [-0.4, -0.2) is 47.2 Å². The first-order valence-electron chi connectivity index (χ1n) is 7.38. The standard InChI is InChI=1S/C13H19F3O6S/c1-2-5-12(13(14,15)16,23(19,20)21)11(18)22-10-8-4-3-7(6-8)9(10)17/h7-10,17H,2-6H2,1H3,(H,19,20,21). The fraction of sp³-hybridized carbons (Fsp3) is 0.923. The molecule has 134 valence electrons. The maximum atomic E-state index is 13.4. The summed E-state index contributed by atoms with van der Waals surface area (Å²) in [5.41, 5.74) is 0. The average Bonchev–Trinajstić information content (AvgIpc) is 2.96. The summed E-state index contributed by atoms with van der Waals surface area (Å²) in [6.45, 7) is 1.26. The molecule has 0 saturated heterocycles. The van der Waals surface area contributed by atoms with E-state index in [0.717, 1.165) is 0 Å². The molecule has 2 rings (SSSR count). The number of aliphatic hydroxyl groups excluding tert-OH is 1. The van der Waals surface area contributed by atoms with Crippen molar-refractivity contribution < 1.29 is 40.8 Å². The van der Waals surface area contributed by atoms with Crippen LogP contribution in [-0.2, 0) is 19.6 Å². The highest BCUT2D eigenvalue weighted by atomic mass is 32.2. The summed E-state index contributed by atoms with van der Waals surface area (Å²) in [5, 5.41) is 9.96. The molecule has 23 heavy (non-hydrogen) atoms. The maximum absolute atomic E-state index is 13.4. The van der Waals surface area contributed by atoms with Gasteiger partial charge in [0.1, 0.15) is 6.10 Å². The van der Waals surface area contributed by atoms with Gasteiger partial charge in [-0.15, -0.1) is 0 Å². The first kappa shape index (κ1) is 18.5. The number of hydrogen-bond acceptors (Lipinski definition) is 5. The van der Waals surface area contributed by atoms with Gasteiger partial charge in [-0.2, -0.15) is 21.6 Å². The fourth-order valence-electron chi connectivity index (χ4n) is 3.69. The summed E-state index contributed by atoms with van der Waals surface area (Å²) in [5.74, 6) is -2.51. The largest absolute Gasteiger partial charge is 0.458 e. The Morgan fingerprint density at radius 1 is 1.26 bits per heavy atom. The predicted molar refractivity (Wildman–Crippen MR) is 72.0 cm³/mol. The first-order chi connectivity index (χ1) is 10.5. The molecule has 2 saturated carbocycles. The Morgan fingerprint density at radius 3 is 2.22 bits per heavy atom. The van der Waals surface area contributed by atoms with Crippen LogP contribution in [0.15, 0.2) is 0 Å². The number of alkyl halides is 3. The minimum absolute atomic E-state index is 0.157. The molecule has 2 bridgehead atoms. The molecule has 2 N–H and O–H groups in total. The molecule has 0 amide bonds. The van der Waals surface area contributed by atoms with E-state index >= 15 is 0 Å². The second kappa shape index (κ2) is 5.89. The summed E-state index contributed by atoms with van der Waals surface area (Å²) >= 11 is 0. The molecule has 10 heteroatoms. The number of carbonyl (C=O) groups excluding carboxylic acids is 1. The monoisotopic (exact) mass is 360 g/mol. The van der Waals surface area contributed by atoms with Crippen molar-refractivity contribution in [2.75, 3.05) is 0 Å². The van der Waals surface area contributed by atoms with E-state index in [2.05, 4.69) is 0 Å². The summed E-state index contributed by atoms with van der Waals surface area (Å²) in [7, 11) is -5.80. The Labute approximate surface area is 131 Å². The minimum Gasteiger partial charge on any atom is -0.458 e. The molecular weight excluding hydrogens is 341 g/mol. The number of rotatable bonds is 5. The molecule has 0 aliphatic heterocycles. The van der Waals surface area contributed by atoms with E-state index in [1.165, 1.54) is 6.92 Å². The van der Waals surface area contributed by atoms with Crippen LogP contribution < -0.4 is 0 Å². The number of ether oxygens (including phenoxy) is 1. The molecule has 0 spiro atoms. The highest BCUT2D eigenvalue weighted by Gasteiger charge is 2.70.